The third kappa shape index (κ3) is 3.50. The van der Waals surface area contributed by atoms with Crippen molar-refractivity contribution >= 4 is 5.91 Å². The summed E-state index contributed by atoms with van der Waals surface area (Å²) in [6.07, 6.45) is -3.01. The van der Waals surface area contributed by atoms with Crippen LogP contribution in [0.15, 0.2) is 24.3 Å². The van der Waals surface area contributed by atoms with E-state index in [1.807, 2.05) is 0 Å². The summed E-state index contributed by atoms with van der Waals surface area (Å²) in [6.45, 7) is 1.70. The van der Waals surface area contributed by atoms with E-state index in [-0.39, 0.29) is 11.8 Å². The molecular formula is C14H18F3N2O+. The van der Waals surface area contributed by atoms with Crippen molar-refractivity contribution in [3.05, 3.63) is 35.4 Å². The molecule has 0 unspecified atom stereocenters. The predicted molar refractivity (Wildman–Crippen MR) is 67.8 cm³/mol. The van der Waals surface area contributed by atoms with Gasteiger partial charge in [0.15, 0.2) is 0 Å². The number of likely N-dealkylation sites (tertiary alicyclic amines) is 1. The number of piperidine rings is 1. The van der Waals surface area contributed by atoms with Gasteiger partial charge in [-0.1, -0.05) is 18.2 Å². The Morgan fingerprint density at radius 3 is 2.40 bits per heavy atom. The number of primary amides is 1. The highest BCUT2D eigenvalue weighted by atomic mass is 19.4. The zero-order valence-electron chi connectivity index (χ0n) is 11.0. The van der Waals surface area contributed by atoms with Gasteiger partial charge in [0, 0.05) is 24.3 Å². The minimum Gasteiger partial charge on any atom is -0.369 e. The Kier molecular flexibility index (Phi) is 4.32. The first kappa shape index (κ1) is 14.8. The minimum absolute atomic E-state index is 0.128. The number of rotatable bonds is 3. The number of nitrogens with one attached hydrogen (secondary N) is 1. The van der Waals surface area contributed by atoms with Crippen molar-refractivity contribution in [1.29, 1.82) is 0 Å². The van der Waals surface area contributed by atoms with Crippen LogP contribution in [-0.4, -0.2) is 19.0 Å². The highest BCUT2D eigenvalue weighted by molar-refractivity contribution is 5.76. The molecule has 0 saturated carbocycles. The summed E-state index contributed by atoms with van der Waals surface area (Å²) in [5, 5.41) is 0. The molecule has 1 amide bonds. The van der Waals surface area contributed by atoms with Crippen LogP contribution < -0.4 is 10.6 Å². The van der Waals surface area contributed by atoms with E-state index in [4.69, 9.17) is 5.73 Å². The van der Waals surface area contributed by atoms with Crippen molar-refractivity contribution < 1.29 is 22.9 Å². The molecule has 1 aliphatic heterocycles. The van der Waals surface area contributed by atoms with Crippen molar-refractivity contribution in [3.8, 4) is 0 Å². The maximum atomic E-state index is 12.9. The van der Waals surface area contributed by atoms with Crippen LogP contribution in [0.3, 0.4) is 0 Å². The fourth-order valence-corrected chi connectivity index (χ4v) is 2.71. The lowest BCUT2D eigenvalue weighted by molar-refractivity contribution is -0.919. The Balaban J connectivity index is 2.03. The molecule has 0 radical (unpaired) electrons. The van der Waals surface area contributed by atoms with Crippen LogP contribution in [0.1, 0.15) is 24.0 Å². The van der Waals surface area contributed by atoms with Crippen molar-refractivity contribution in [3.63, 3.8) is 0 Å². The summed E-state index contributed by atoms with van der Waals surface area (Å²) in [6, 6.07) is 5.67. The normalized spacial score (nSPS) is 23.6. The molecule has 0 aromatic heterocycles. The van der Waals surface area contributed by atoms with Gasteiger partial charge in [-0.25, -0.2) is 0 Å². The van der Waals surface area contributed by atoms with Gasteiger partial charge in [0.1, 0.15) is 6.54 Å². The highest BCUT2D eigenvalue weighted by Crippen LogP contribution is 2.31. The molecule has 2 rings (SSSR count). The second kappa shape index (κ2) is 5.83. The molecule has 6 heteroatoms. The van der Waals surface area contributed by atoms with Gasteiger partial charge in [-0.15, -0.1) is 0 Å². The number of benzene rings is 1. The Bertz CT molecular complexity index is 480. The van der Waals surface area contributed by atoms with Gasteiger partial charge < -0.3 is 10.6 Å². The van der Waals surface area contributed by atoms with Gasteiger partial charge in [0.2, 0.25) is 5.91 Å². The van der Waals surface area contributed by atoms with Crippen LogP contribution in [0.2, 0.25) is 0 Å². The Hall–Kier alpha value is -1.56. The molecule has 0 spiro atoms. The molecule has 1 saturated heterocycles. The molecule has 1 heterocycles. The van der Waals surface area contributed by atoms with Gasteiger partial charge in [0.05, 0.1) is 18.7 Å². The number of halogens is 3. The lowest BCUT2D eigenvalue weighted by Crippen LogP contribution is -3.11. The molecule has 3 nitrogen and oxygen atoms in total. The van der Waals surface area contributed by atoms with E-state index < -0.39 is 11.7 Å². The molecule has 110 valence electrons. The molecule has 0 atom stereocenters. The van der Waals surface area contributed by atoms with Crippen LogP contribution in [0.5, 0.6) is 0 Å². The molecule has 20 heavy (non-hydrogen) atoms. The zero-order chi connectivity index (χ0) is 14.8. The smallest absolute Gasteiger partial charge is 0.369 e. The number of hydrogen-bond donors (Lipinski definition) is 2. The van der Waals surface area contributed by atoms with E-state index >= 15 is 0 Å². The highest BCUT2D eigenvalue weighted by Gasteiger charge is 2.34. The largest absolute Gasteiger partial charge is 0.416 e. The molecule has 1 aromatic carbocycles. The summed E-state index contributed by atoms with van der Waals surface area (Å²) in [7, 11) is 0. The second-order valence-corrected chi connectivity index (χ2v) is 5.26. The number of alkyl halides is 3. The first-order valence-corrected chi connectivity index (χ1v) is 6.66. The van der Waals surface area contributed by atoms with Gasteiger partial charge in [0.25, 0.3) is 0 Å². The van der Waals surface area contributed by atoms with Crippen LogP contribution in [-0.2, 0) is 17.5 Å². The fraction of sp³-hybridized carbons (Fsp3) is 0.500. The number of nitrogens with two attached hydrogens (primary N) is 1. The summed E-state index contributed by atoms with van der Waals surface area (Å²) in [5.41, 5.74) is 5.00. The summed E-state index contributed by atoms with van der Waals surface area (Å²) in [5.74, 6) is -0.434. The van der Waals surface area contributed by atoms with Crippen LogP contribution in [0.4, 0.5) is 13.2 Å². The van der Waals surface area contributed by atoms with Crippen molar-refractivity contribution in [2.45, 2.75) is 25.6 Å². The lowest BCUT2D eigenvalue weighted by atomic mass is 9.95. The average Bonchev–Trinajstić information content (AvgIpc) is 2.38. The first-order chi connectivity index (χ1) is 9.38. The van der Waals surface area contributed by atoms with Crippen LogP contribution in [0, 0.1) is 5.92 Å². The van der Waals surface area contributed by atoms with E-state index in [1.54, 1.807) is 6.07 Å². The topological polar surface area (TPSA) is 47.5 Å². The Labute approximate surface area is 115 Å². The lowest BCUT2D eigenvalue weighted by Gasteiger charge is -2.28. The molecular weight excluding hydrogens is 269 g/mol. The van der Waals surface area contributed by atoms with Crippen molar-refractivity contribution in [2.75, 3.05) is 13.1 Å². The van der Waals surface area contributed by atoms with E-state index in [9.17, 15) is 18.0 Å². The van der Waals surface area contributed by atoms with Gasteiger partial charge in [-0.3, -0.25) is 4.79 Å². The van der Waals surface area contributed by atoms with E-state index in [2.05, 4.69) is 0 Å². The number of hydrogen-bond acceptors (Lipinski definition) is 1. The summed E-state index contributed by atoms with van der Waals surface area (Å²) in [4.78, 5) is 12.1. The monoisotopic (exact) mass is 287 g/mol. The van der Waals surface area contributed by atoms with Crippen molar-refractivity contribution in [1.82, 2.24) is 0 Å². The second-order valence-electron chi connectivity index (χ2n) is 5.26. The van der Waals surface area contributed by atoms with E-state index in [0.29, 0.717) is 38.0 Å². The van der Waals surface area contributed by atoms with Crippen molar-refractivity contribution in [2.24, 2.45) is 11.7 Å². The zero-order valence-corrected chi connectivity index (χ0v) is 11.0. The molecule has 0 aliphatic carbocycles. The quantitative estimate of drug-likeness (QED) is 0.855. The predicted octanol–water partition coefficient (Wildman–Crippen LogP) is 0.986. The Morgan fingerprint density at radius 2 is 1.85 bits per heavy atom. The van der Waals surface area contributed by atoms with E-state index in [1.165, 1.54) is 12.1 Å². The third-order valence-corrected chi connectivity index (χ3v) is 3.86. The molecule has 3 N–H and O–H groups in total. The molecule has 1 aliphatic rings. The van der Waals surface area contributed by atoms with Gasteiger partial charge in [-0.2, -0.15) is 13.2 Å². The van der Waals surface area contributed by atoms with Crippen LogP contribution in [0.25, 0.3) is 0 Å². The third-order valence-electron chi connectivity index (χ3n) is 3.86. The SMILES string of the molecule is NC(=O)C1CC[NH+](Cc2ccccc2C(F)(F)F)CC1. The van der Waals surface area contributed by atoms with Gasteiger partial charge >= 0.3 is 6.18 Å². The standard InChI is InChI=1S/C14H17F3N2O/c15-14(16,17)12-4-2-1-3-11(12)9-19-7-5-10(6-8-19)13(18)20/h1-4,10H,5-9H2,(H2,18,20)/p+1. The molecule has 0 bridgehead atoms. The van der Waals surface area contributed by atoms with Gasteiger partial charge in [-0.05, 0) is 6.07 Å². The number of quaternary nitrogens is 1. The summed E-state index contributed by atoms with van der Waals surface area (Å²) < 4.78 is 38.7. The maximum Gasteiger partial charge on any atom is 0.416 e. The average molecular weight is 287 g/mol. The first-order valence-electron chi connectivity index (χ1n) is 6.66. The van der Waals surface area contributed by atoms with Crippen LogP contribution >= 0.6 is 0 Å². The molecule has 1 fully saturated rings. The number of amides is 1. The summed E-state index contributed by atoms with van der Waals surface area (Å²) >= 11 is 0. The fourth-order valence-electron chi connectivity index (χ4n) is 2.71. The number of carbonyl (C=O) groups is 1. The minimum atomic E-state index is -4.32. The molecule has 1 aromatic rings. The maximum absolute atomic E-state index is 12.9. The number of carbonyl (C=O) groups excluding carboxylic acids is 1. The van der Waals surface area contributed by atoms with E-state index in [0.717, 1.165) is 11.0 Å². The Morgan fingerprint density at radius 1 is 1.25 bits per heavy atom.